The van der Waals surface area contributed by atoms with Crippen LogP contribution < -0.4 is 5.32 Å². The third-order valence-corrected chi connectivity index (χ3v) is 2.57. The minimum atomic E-state index is -0.389. The van der Waals surface area contributed by atoms with Crippen molar-refractivity contribution in [2.75, 3.05) is 0 Å². The Morgan fingerprint density at radius 3 is 2.27 bits per heavy atom. The lowest BCUT2D eigenvalue weighted by molar-refractivity contribution is -0.135. The number of hydrogen-bond acceptors (Lipinski definition) is 2. The van der Waals surface area contributed by atoms with Crippen LogP contribution in [0.1, 0.15) is 46.0 Å². The Morgan fingerprint density at radius 2 is 1.67 bits per heavy atom. The van der Waals surface area contributed by atoms with Crippen LogP contribution in [0.3, 0.4) is 0 Å². The summed E-state index contributed by atoms with van der Waals surface area (Å²) >= 11 is 0. The predicted molar refractivity (Wildman–Crippen MR) is 64.5 cm³/mol. The number of carbonyl (C=O) groups is 2. The van der Waals surface area contributed by atoms with E-state index in [1.165, 1.54) is 0 Å². The first-order chi connectivity index (χ1) is 6.02. The van der Waals surface area contributed by atoms with E-state index in [0.717, 1.165) is 25.7 Å². The second kappa shape index (κ2) is 7.07. The molecular weight excluding hydrogens is 237 g/mol. The first-order valence-corrected chi connectivity index (χ1v) is 4.87. The normalized spacial score (nSPS) is 20.9. The van der Waals surface area contributed by atoms with Gasteiger partial charge in [-0.25, -0.2) is 0 Å². The molecule has 0 aromatic rings. The van der Waals surface area contributed by atoms with Crippen LogP contribution in [-0.4, -0.2) is 11.8 Å². The largest absolute Gasteiger partial charge is 0.296 e. The van der Waals surface area contributed by atoms with E-state index in [9.17, 15) is 9.59 Å². The van der Waals surface area contributed by atoms with E-state index in [-0.39, 0.29) is 42.0 Å². The zero-order valence-electron chi connectivity index (χ0n) is 9.17. The molecule has 0 saturated carbocycles. The van der Waals surface area contributed by atoms with Crippen molar-refractivity contribution >= 4 is 36.6 Å². The minimum absolute atomic E-state index is 0. The van der Waals surface area contributed by atoms with Crippen molar-refractivity contribution in [2.24, 2.45) is 5.41 Å². The molecule has 0 spiro atoms. The summed E-state index contributed by atoms with van der Waals surface area (Å²) in [6.07, 6.45) is 4.33. The Bertz CT molecular complexity index is 229. The summed E-state index contributed by atoms with van der Waals surface area (Å²) in [6, 6.07) is 0. The van der Waals surface area contributed by atoms with Crippen molar-refractivity contribution in [1.82, 2.24) is 5.32 Å². The van der Waals surface area contributed by atoms with Crippen molar-refractivity contribution < 1.29 is 9.59 Å². The van der Waals surface area contributed by atoms with E-state index in [2.05, 4.69) is 5.32 Å². The molecule has 0 unspecified atom stereocenters. The van der Waals surface area contributed by atoms with E-state index >= 15 is 0 Å². The summed E-state index contributed by atoms with van der Waals surface area (Å²) < 4.78 is 0. The van der Waals surface area contributed by atoms with Gasteiger partial charge in [-0.2, -0.15) is 0 Å². The number of nitrogens with one attached hydrogen (secondary N) is 1. The molecule has 0 radical (unpaired) electrons. The molecule has 1 saturated heterocycles. The second-order valence-corrected chi connectivity index (χ2v) is 4.32. The van der Waals surface area contributed by atoms with Gasteiger partial charge < -0.3 is 0 Å². The molecular formula is C10H19Cl2NO2. The molecule has 1 heterocycles. The molecule has 90 valence electrons. The van der Waals surface area contributed by atoms with Gasteiger partial charge in [0.1, 0.15) is 0 Å². The second-order valence-electron chi connectivity index (χ2n) is 4.32. The number of amides is 2. The van der Waals surface area contributed by atoms with Crippen LogP contribution in [0.15, 0.2) is 0 Å². The van der Waals surface area contributed by atoms with Gasteiger partial charge in [0.2, 0.25) is 11.8 Å². The van der Waals surface area contributed by atoms with Crippen LogP contribution in [0.2, 0.25) is 0 Å². The summed E-state index contributed by atoms with van der Waals surface area (Å²) in [5, 5.41) is 2.43. The molecule has 0 bridgehead atoms. The third-order valence-electron chi connectivity index (χ3n) is 2.57. The van der Waals surface area contributed by atoms with Crippen molar-refractivity contribution in [3.63, 3.8) is 0 Å². The molecule has 3 nitrogen and oxygen atoms in total. The molecule has 1 aliphatic heterocycles. The van der Waals surface area contributed by atoms with Gasteiger partial charge in [0.05, 0.1) is 0 Å². The minimum Gasteiger partial charge on any atom is -0.296 e. The molecule has 0 aromatic carbocycles. The van der Waals surface area contributed by atoms with Crippen molar-refractivity contribution in [3.05, 3.63) is 0 Å². The molecule has 1 fully saturated rings. The van der Waals surface area contributed by atoms with Gasteiger partial charge in [0.15, 0.2) is 0 Å². The molecule has 1 N–H and O–H groups in total. The summed E-state index contributed by atoms with van der Waals surface area (Å²) in [4.78, 5) is 22.7. The topological polar surface area (TPSA) is 46.2 Å². The molecule has 1 rings (SSSR count). The maximum absolute atomic E-state index is 11.5. The highest BCUT2D eigenvalue weighted by molar-refractivity contribution is 5.97. The number of imide groups is 1. The Balaban J connectivity index is 0. The maximum Gasteiger partial charge on any atom is 0.232 e. The van der Waals surface area contributed by atoms with Crippen molar-refractivity contribution in [2.45, 2.75) is 46.0 Å². The van der Waals surface area contributed by atoms with Gasteiger partial charge in [-0.3, -0.25) is 14.9 Å². The van der Waals surface area contributed by atoms with Crippen LogP contribution in [0.25, 0.3) is 0 Å². The van der Waals surface area contributed by atoms with E-state index < -0.39 is 0 Å². The Morgan fingerprint density at radius 1 is 1.07 bits per heavy atom. The third kappa shape index (κ3) is 5.38. The highest BCUT2D eigenvalue weighted by Gasteiger charge is 2.29. The quantitative estimate of drug-likeness (QED) is 0.677. The number of halogens is 2. The molecule has 1 aliphatic rings. The average molecular weight is 256 g/mol. The summed E-state index contributed by atoms with van der Waals surface area (Å²) in [5.74, 6) is -0.251. The van der Waals surface area contributed by atoms with Gasteiger partial charge in [-0.1, -0.05) is 26.7 Å². The van der Waals surface area contributed by atoms with Crippen LogP contribution in [0, 0.1) is 5.41 Å². The SMILES string of the molecule is CC1(C)CCCCCC(=O)NC1=O.Cl.Cl. The van der Waals surface area contributed by atoms with Crippen LogP contribution >= 0.6 is 24.8 Å². The standard InChI is InChI=1S/C10H17NO2.2ClH/c1-10(2)7-5-3-4-6-8(12)11-9(10)13;;/h3-7H2,1-2H3,(H,11,12,13);2*1H. The van der Waals surface area contributed by atoms with Gasteiger partial charge in [0.25, 0.3) is 0 Å². The van der Waals surface area contributed by atoms with E-state index in [4.69, 9.17) is 0 Å². The molecule has 2 amide bonds. The van der Waals surface area contributed by atoms with Gasteiger partial charge in [-0.15, -0.1) is 24.8 Å². The Kier molecular flexibility index (Phi) is 8.07. The monoisotopic (exact) mass is 255 g/mol. The fourth-order valence-electron chi connectivity index (χ4n) is 1.50. The van der Waals surface area contributed by atoms with Crippen LogP contribution in [0.5, 0.6) is 0 Å². The van der Waals surface area contributed by atoms with Crippen molar-refractivity contribution in [3.8, 4) is 0 Å². The average Bonchev–Trinajstić information content (AvgIpc) is 2.06. The van der Waals surface area contributed by atoms with Gasteiger partial charge in [0, 0.05) is 11.8 Å². The highest BCUT2D eigenvalue weighted by Crippen LogP contribution is 2.25. The van der Waals surface area contributed by atoms with Gasteiger partial charge in [-0.05, 0) is 12.8 Å². The Labute approximate surface area is 103 Å². The summed E-state index contributed by atoms with van der Waals surface area (Å²) in [6.45, 7) is 3.78. The number of rotatable bonds is 0. The molecule has 15 heavy (non-hydrogen) atoms. The molecule has 0 aliphatic carbocycles. The highest BCUT2D eigenvalue weighted by atomic mass is 35.5. The smallest absolute Gasteiger partial charge is 0.232 e. The lowest BCUT2D eigenvalue weighted by Crippen LogP contribution is -2.39. The summed E-state index contributed by atoms with van der Waals surface area (Å²) in [5.41, 5.74) is -0.389. The Hall–Kier alpha value is -0.280. The molecule has 0 aromatic heterocycles. The fraction of sp³-hybridized carbons (Fsp3) is 0.800. The summed E-state index contributed by atoms with van der Waals surface area (Å²) in [7, 11) is 0. The maximum atomic E-state index is 11.5. The lowest BCUT2D eigenvalue weighted by atomic mass is 9.86. The van der Waals surface area contributed by atoms with Crippen LogP contribution in [0.4, 0.5) is 0 Å². The van der Waals surface area contributed by atoms with Gasteiger partial charge >= 0.3 is 0 Å². The number of carbonyl (C=O) groups excluding carboxylic acids is 2. The lowest BCUT2D eigenvalue weighted by Gasteiger charge is -2.21. The first kappa shape index (κ1) is 17.1. The zero-order valence-corrected chi connectivity index (χ0v) is 10.8. The fourth-order valence-corrected chi connectivity index (χ4v) is 1.50. The zero-order chi connectivity index (χ0) is 9.90. The van der Waals surface area contributed by atoms with Crippen LogP contribution in [-0.2, 0) is 9.59 Å². The first-order valence-electron chi connectivity index (χ1n) is 4.87. The predicted octanol–water partition coefficient (Wildman–Crippen LogP) is 2.46. The molecule has 0 atom stereocenters. The number of hydrogen-bond donors (Lipinski definition) is 1. The molecule has 5 heteroatoms. The van der Waals surface area contributed by atoms with E-state index in [1.54, 1.807) is 0 Å². The van der Waals surface area contributed by atoms with E-state index in [0.29, 0.717) is 6.42 Å². The van der Waals surface area contributed by atoms with E-state index in [1.807, 2.05) is 13.8 Å². The van der Waals surface area contributed by atoms with Crippen molar-refractivity contribution in [1.29, 1.82) is 0 Å².